The Balaban J connectivity index is 2.41. The molecular weight excluding hydrogens is 162 g/mol. The van der Waals surface area contributed by atoms with E-state index in [1.165, 1.54) is 12.8 Å². The van der Waals surface area contributed by atoms with Crippen molar-refractivity contribution in [2.45, 2.75) is 39.2 Å². The van der Waals surface area contributed by atoms with Crippen LogP contribution in [-0.2, 0) is 4.74 Å². The first-order chi connectivity index (χ1) is 5.97. The summed E-state index contributed by atoms with van der Waals surface area (Å²) in [5.41, 5.74) is 0.946. The lowest BCUT2D eigenvalue weighted by Gasteiger charge is -2.52. The van der Waals surface area contributed by atoms with Crippen molar-refractivity contribution in [3.05, 3.63) is 0 Å². The van der Waals surface area contributed by atoms with Gasteiger partial charge in [0.05, 0.1) is 13.2 Å². The minimum absolute atomic E-state index is 0.222. The van der Waals surface area contributed by atoms with Gasteiger partial charge in [0.1, 0.15) is 0 Å². The zero-order valence-corrected chi connectivity index (χ0v) is 9.24. The topological polar surface area (TPSA) is 21.3 Å². The number of fused-ring (bicyclic) bond motifs is 2. The van der Waals surface area contributed by atoms with Gasteiger partial charge >= 0.3 is 0 Å². The highest BCUT2D eigenvalue weighted by Gasteiger charge is 2.62. The van der Waals surface area contributed by atoms with Gasteiger partial charge in [-0.25, -0.2) is 0 Å². The fourth-order valence-electron chi connectivity index (χ4n) is 3.16. The molecule has 0 radical (unpaired) electrons. The van der Waals surface area contributed by atoms with Crippen molar-refractivity contribution in [1.82, 2.24) is 5.32 Å². The highest BCUT2D eigenvalue weighted by atomic mass is 16.5. The summed E-state index contributed by atoms with van der Waals surface area (Å²) < 4.78 is 5.73. The van der Waals surface area contributed by atoms with Gasteiger partial charge in [-0.05, 0) is 30.7 Å². The third-order valence-electron chi connectivity index (χ3n) is 5.06. The van der Waals surface area contributed by atoms with Crippen LogP contribution < -0.4 is 5.32 Å². The fourth-order valence-corrected chi connectivity index (χ4v) is 3.16. The molecule has 0 spiro atoms. The largest absolute Gasteiger partial charge is 0.379 e. The van der Waals surface area contributed by atoms with Gasteiger partial charge < -0.3 is 10.1 Å². The van der Waals surface area contributed by atoms with Gasteiger partial charge in [-0.3, -0.25) is 0 Å². The summed E-state index contributed by atoms with van der Waals surface area (Å²) in [6, 6.07) is 0. The third-order valence-corrected chi connectivity index (χ3v) is 5.06. The second-order valence-corrected chi connectivity index (χ2v) is 5.51. The van der Waals surface area contributed by atoms with Crippen molar-refractivity contribution < 1.29 is 4.74 Å². The Morgan fingerprint density at radius 2 is 1.77 bits per heavy atom. The molecule has 2 rings (SSSR count). The zero-order chi connectivity index (χ0) is 9.74. The third kappa shape index (κ3) is 0.909. The summed E-state index contributed by atoms with van der Waals surface area (Å²) in [5.74, 6) is 0. The van der Waals surface area contributed by atoms with E-state index in [4.69, 9.17) is 4.74 Å². The maximum absolute atomic E-state index is 5.73. The monoisotopic (exact) mass is 183 g/mol. The smallest absolute Gasteiger partial charge is 0.0653 e. The minimum Gasteiger partial charge on any atom is -0.379 e. The van der Waals surface area contributed by atoms with Crippen LogP contribution in [0.25, 0.3) is 0 Å². The van der Waals surface area contributed by atoms with E-state index < -0.39 is 0 Å². The molecule has 1 N–H and O–H groups in total. The van der Waals surface area contributed by atoms with Gasteiger partial charge in [0, 0.05) is 5.54 Å². The molecule has 2 bridgehead atoms. The van der Waals surface area contributed by atoms with E-state index in [1.807, 2.05) is 0 Å². The Hall–Kier alpha value is -0.0800. The molecule has 1 aliphatic heterocycles. The number of hydrogen-bond acceptors (Lipinski definition) is 2. The molecule has 0 aromatic rings. The van der Waals surface area contributed by atoms with Gasteiger partial charge in [0.15, 0.2) is 0 Å². The maximum atomic E-state index is 5.73. The molecule has 2 nitrogen and oxygen atoms in total. The quantitative estimate of drug-likeness (QED) is 0.669. The normalized spacial score (nSPS) is 48.0. The van der Waals surface area contributed by atoms with Crippen LogP contribution in [0.2, 0.25) is 0 Å². The molecule has 76 valence electrons. The molecule has 0 amide bonds. The summed E-state index contributed by atoms with van der Waals surface area (Å²) in [4.78, 5) is 0. The molecule has 13 heavy (non-hydrogen) atoms. The molecule has 0 aromatic heterocycles. The van der Waals surface area contributed by atoms with Crippen LogP contribution in [0.5, 0.6) is 0 Å². The number of likely N-dealkylation sites (N-methyl/N-ethyl adjacent to an activating group) is 1. The van der Waals surface area contributed by atoms with E-state index in [1.54, 1.807) is 0 Å². The van der Waals surface area contributed by atoms with Crippen LogP contribution in [0.15, 0.2) is 0 Å². The van der Waals surface area contributed by atoms with Crippen molar-refractivity contribution in [1.29, 1.82) is 0 Å². The molecule has 2 unspecified atom stereocenters. The van der Waals surface area contributed by atoms with E-state index in [2.05, 4.69) is 33.1 Å². The van der Waals surface area contributed by atoms with Crippen molar-refractivity contribution in [2.24, 2.45) is 10.8 Å². The van der Waals surface area contributed by atoms with Crippen LogP contribution in [0.4, 0.5) is 0 Å². The van der Waals surface area contributed by atoms with Crippen molar-refractivity contribution in [2.75, 3.05) is 20.3 Å². The Bertz CT molecular complexity index is 226. The molecule has 2 heteroatoms. The summed E-state index contributed by atoms with van der Waals surface area (Å²) >= 11 is 0. The highest BCUT2D eigenvalue weighted by molar-refractivity contribution is 5.15. The molecule has 2 atom stereocenters. The van der Waals surface area contributed by atoms with Gasteiger partial charge in [0.2, 0.25) is 0 Å². The van der Waals surface area contributed by atoms with Gasteiger partial charge in [-0.2, -0.15) is 0 Å². The molecule has 1 aliphatic carbocycles. The lowest BCUT2D eigenvalue weighted by atomic mass is 9.62. The van der Waals surface area contributed by atoms with Crippen molar-refractivity contribution in [3.63, 3.8) is 0 Å². The first-order valence-electron chi connectivity index (χ1n) is 5.24. The first kappa shape index (κ1) is 9.47. The van der Waals surface area contributed by atoms with E-state index in [0.717, 1.165) is 13.2 Å². The van der Waals surface area contributed by atoms with Crippen LogP contribution in [0.1, 0.15) is 33.6 Å². The van der Waals surface area contributed by atoms with Gasteiger partial charge in [-0.1, -0.05) is 20.8 Å². The highest BCUT2D eigenvalue weighted by Crippen LogP contribution is 2.60. The molecular formula is C11H21NO. The number of ether oxygens (including phenoxy) is 1. The number of hydrogen-bond donors (Lipinski definition) is 1. The lowest BCUT2D eigenvalue weighted by molar-refractivity contribution is -0.110. The summed E-state index contributed by atoms with van der Waals surface area (Å²) in [6.07, 6.45) is 2.55. The molecule has 1 saturated heterocycles. The first-order valence-corrected chi connectivity index (χ1v) is 5.24. The van der Waals surface area contributed by atoms with E-state index in [9.17, 15) is 0 Å². The average molecular weight is 183 g/mol. The van der Waals surface area contributed by atoms with Crippen LogP contribution in [-0.4, -0.2) is 25.8 Å². The lowest BCUT2D eigenvalue weighted by Crippen LogP contribution is -2.62. The molecule has 0 aromatic carbocycles. The molecule has 2 fully saturated rings. The SMILES string of the molecule is CNC12CCC(C)(COC1)C2(C)C. The predicted octanol–water partition coefficient (Wildman–Crippen LogP) is 1.80. The second-order valence-electron chi connectivity index (χ2n) is 5.51. The summed E-state index contributed by atoms with van der Waals surface area (Å²) in [5, 5.41) is 3.50. The van der Waals surface area contributed by atoms with Crippen LogP contribution >= 0.6 is 0 Å². The Kier molecular flexibility index (Phi) is 1.81. The standard InChI is InChI=1S/C11H21NO/c1-9(2)10(3)5-6-11(9,12-4)8-13-7-10/h12H,5-8H2,1-4H3. The molecule has 2 aliphatic rings. The van der Waals surface area contributed by atoms with E-state index >= 15 is 0 Å². The maximum Gasteiger partial charge on any atom is 0.0653 e. The summed E-state index contributed by atoms with van der Waals surface area (Å²) in [6.45, 7) is 8.96. The zero-order valence-electron chi connectivity index (χ0n) is 9.24. The van der Waals surface area contributed by atoms with Crippen molar-refractivity contribution in [3.8, 4) is 0 Å². The molecule has 1 saturated carbocycles. The number of rotatable bonds is 1. The second kappa shape index (κ2) is 2.48. The minimum atomic E-state index is 0.222. The van der Waals surface area contributed by atoms with Crippen LogP contribution in [0, 0.1) is 10.8 Å². The number of nitrogens with one attached hydrogen (secondary N) is 1. The Morgan fingerprint density at radius 3 is 2.31 bits per heavy atom. The van der Waals surface area contributed by atoms with Gasteiger partial charge in [0.25, 0.3) is 0 Å². The van der Waals surface area contributed by atoms with Gasteiger partial charge in [-0.15, -0.1) is 0 Å². The average Bonchev–Trinajstić information content (AvgIpc) is 2.26. The van der Waals surface area contributed by atoms with Crippen LogP contribution in [0.3, 0.4) is 0 Å². The van der Waals surface area contributed by atoms with Crippen molar-refractivity contribution >= 4 is 0 Å². The van der Waals surface area contributed by atoms with E-state index in [0.29, 0.717) is 10.8 Å². The summed E-state index contributed by atoms with van der Waals surface area (Å²) in [7, 11) is 2.07. The Labute approximate surface area is 81.0 Å². The Morgan fingerprint density at radius 1 is 1.08 bits per heavy atom. The van der Waals surface area contributed by atoms with E-state index in [-0.39, 0.29) is 5.54 Å². The molecule has 1 heterocycles. The predicted molar refractivity (Wildman–Crippen MR) is 53.7 cm³/mol. The fraction of sp³-hybridized carbons (Fsp3) is 1.00.